The summed E-state index contributed by atoms with van der Waals surface area (Å²) in [5.74, 6) is 0.576. The molecule has 0 atom stereocenters. The predicted molar refractivity (Wildman–Crippen MR) is 132 cm³/mol. The van der Waals surface area contributed by atoms with Crippen LogP contribution in [-0.4, -0.2) is 26.4 Å². The monoisotopic (exact) mass is 477 g/mol. The Morgan fingerprint density at radius 3 is 2.64 bits per heavy atom. The summed E-state index contributed by atoms with van der Waals surface area (Å²) >= 11 is 12.4. The molecule has 5 rings (SSSR count). The van der Waals surface area contributed by atoms with Gasteiger partial charge in [-0.05, 0) is 42.0 Å². The van der Waals surface area contributed by atoms with Gasteiger partial charge in [0.25, 0.3) is 5.56 Å². The van der Waals surface area contributed by atoms with Crippen molar-refractivity contribution in [2.24, 2.45) is 0 Å². The first-order valence-electron chi connectivity index (χ1n) is 10.6. The Morgan fingerprint density at radius 2 is 1.88 bits per heavy atom. The molecule has 0 amide bonds. The summed E-state index contributed by atoms with van der Waals surface area (Å²) in [6.07, 6.45) is 2.56. The zero-order chi connectivity index (χ0) is 22.9. The van der Waals surface area contributed by atoms with E-state index in [1.807, 2.05) is 42.6 Å². The zero-order valence-electron chi connectivity index (χ0n) is 17.7. The van der Waals surface area contributed by atoms with Gasteiger partial charge >= 0.3 is 0 Å². The van der Waals surface area contributed by atoms with Crippen molar-refractivity contribution in [2.45, 2.75) is 19.5 Å². The second-order valence-electron chi connectivity index (χ2n) is 8.08. The van der Waals surface area contributed by atoms with Crippen molar-refractivity contribution in [2.75, 3.05) is 12.3 Å². The molecule has 4 aromatic rings. The van der Waals surface area contributed by atoms with Crippen molar-refractivity contribution >= 4 is 28.9 Å². The molecule has 0 saturated carbocycles. The quantitative estimate of drug-likeness (QED) is 0.406. The van der Waals surface area contributed by atoms with Crippen LogP contribution >= 0.6 is 23.2 Å². The highest BCUT2D eigenvalue weighted by Crippen LogP contribution is 2.32. The van der Waals surface area contributed by atoms with Gasteiger partial charge in [-0.15, -0.1) is 0 Å². The largest absolute Gasteiger partial charge is 0.399 e. The molecule has 2 aromatic heterocycles. The Hall–Kier alpha value is -3.19. The number of nitrogen functional groups attached to an aromatic ring is 1. The number of nitrogens with two attached hydrogens (primary N) is 1. The molecule has 0 saturated heterocycles. The smallest absolute Gasteiger partial charge is 0.255 e. The van der Waals surface area contributed by atoms with E-state index < -0.39 is 0 Å². The number of rotatable bonds is 4. The molecule has 166 valence electrons. The van der Waals surface area contributed by atoms with Crippen LogP contribution in [0.3, 0.4) is 0 Å². The van der Waals surface area contributed by atoms with Gasteiger partial charge in [-0.3, -0.25) is 14.7 Å². The van der Waals surface area contributed by atoms with Gasteiger partial charge in [0.15, 0.2) is 0 Å². The van der Waals surface area contributed by atoms with Gasteiger partial charge in [0.1, 0.15) is 5.82 Å². The Morgan fingerprint density at radius 1 is 1.06 bits per heavy atom. The van der Waals surface area contributed by atoms with Crippen molar-refractivity contribution in [3.8, 4) is 22.6 Å². The van der Waals surface area contributed by atoms with Crippen LogP contribution in [0.5, 0.6) is 0 Å². The van der Waals surface area contributed by atoms with E-state index in [2.05, 4.69) is 14.9 Å². The van der Waals surface area contributed by atoms with Gasteiger partial charge in [-0.1, -0.05) is 41.4 Å². The molecule has 8 heteroatoms. The number of anilines is 1. The molecule has 0 aliphatic carbocycles. The lowest BCUT2D eigenvalue weighted by molar-refractivity contribution is 0.241. The maximum Gasteiger partial charge on any atom is 0.255 e. The summed E-state index contributed by atoms with van der Waals surface area (Å²) in [6.45, 7) is 2.04. The van der Waals surface area contributed by atoms with Crippen LogP contribution in [0.2, 0.25) is 10.0 Å². The molecule has 3 N–H and O–H groups in total. The normalized spacial score (nSPS) is 13.6. The minimum Gasteiger partial charge on any atom is -0.399 e. The SMILES string of the molecule is Nc1ccc(-c2nc3c(c(=O)[nH]2)CN(Cc2ccc(-c4cccc(Cl)c4Cl)nc2)CC3)cc1. The number of aromatic nitrogens is 3. The highest BCUT2D eigenvalue weighted by atomic mass is 35.5. The molecular formula is C25H21Cl2N5O. The Kier molecular flexibility index (Phi) is 5.89. The standard InChI is InChI=1S/C25H21Cl2N5O/c26-20-3-1-2-18(23(20)27)21-9-4-15(12-29-21)13-32-11-10-22-19(14-32)25(33)31-24(30-22)16-5-7-17(28)8-6-16/h1-9,12H,10-11,13-14,28H2,(H,30,31,33). The fourth-order valence-corrected chi connectivity index (χ4v) is 4.43. The molecule has 1 aliphatic heterocycles. The van der Waals surface area contributed by atoms with Crippen molar-refractivity contribution < 1.29 is 0 Å². The molecule has 6 nitrogen and oxygen atoms in total. The van der Waals surface area contributed by atoms with Crippen LogP contribution < -0.4 is 11.3 Å². The van der Waals surface area contributed by atoms with E-state index in [4.69, 9.17) is 33.9 Å². The fourth-order valence-electron chi connectivity index (χ4n) is 4.03. The van der Waals surface area contributed by atoms with Crippen LogP contribution in [0, 0.1) is 0 Å². The number of hydrogen-bond donors (Lipinski definition) is 2. The van der Waals surface area contributed by atoms with E-state index >= 15 is 0 Å². The second kappa shape index (κ2) is 8.98. The van der Waals surface area contributed by atoms with E-state index in [1.165, 1.54) is 0 Å². The van der Waals surface area contributed by atoms with Gasteiger partial charge in [-0.25, -0.2) is 4.98 Å². The highest BCUT2D eigenvalue weighted by molar-refractivity contribution is 6.43. The summed E-state index contributed by atoms with van der Waals surface area (Å²) < 4.78 is 0. The van der Waals surface area contributed by atoms with E-state index in [0.717, 1.165) is 40.2 Å². The Balaban J connectivity index is 1.32. The van der Waals surface area contributed by atoms with Crippen molar-refractivity contribution in [3.05, 3.63) is 98.0 Å². The van der Waals surface area contributed by atoms with Gasteiger partial charge in [-0.2, -0.15) is 0 Å². The number of halogens is 2. The molecular weight excluding hydrogens is 457 g/mol. The molecule has 0 radical (unpaired) electrons. The number of H-pyrrole nitrogens is 1. The van der Waals surface area contributed by atoms with E-state index in [-0.39, 0.29) is 5.56 Å². The number of fused-ring (bicyclic) bond motifs is 1. The number of hydrogen-bond acceptors (Lipinski definition) is 5. The van der Waals surface area contributed by atoms with Crippen LogP contribution in [-0.2, 0) is 19.5 Å². The molecule has 3 heterocycles. The van der Waals surface area contributed by atoms with Crippen molar-refractivity contribution in [3.63, 3.8) is 0 Å². The lowest BCUT2D eigenvalue weighted by Gasteiger charge is -2.27. The third-order valence-corrected chi connectivity index (χ3v) is 6.61. The molecule has 0 spiro atoms. The lowest BCUT2D eigenvalue weighted by atomic mass is 10.1. The molecule has 33 heavy (non-hydrogen) atoms. The van der Waals surface area contributed by atoms with Gasteiger partial charge < -0.3 is 10.7 Å². The van der Waals surface area contributed by atoms with Crippen LogP contribution in [0.4, 0.5) is 5.69 Å². The lowest BCUT2D eigenvalue weighted by Crippen LogP contribution is -2.35. The number of nitrogens with zero attached hydrogens (tertiary/aromatic N) is 3. The summed E-state index contributed by atoms with van der Waals surface area (Å²) in [7, 11) is 0. The van der Waals surface area contributed by atoms with Crippen molar-refractivity contribution in [1.82, 2.24) is 19.9 Å². The molecule has 1 aliphatic rings. The summed E-state index contributed by atoms with van der Waals surface area (Å²) in [5, 5.41) is 1.00. The van der Waals surface area contributed by atoms with Gasteiger partial charge in [0.05, 0.1) is 27.0 Å². The first-order chi connectivity index (χ1) is 16.0. The summed E-state index contributed by atoms with van der Waals surface area (Å²) in [4.78, 5) is 27.2. The van der Waals surface area contributed by atoms with Gasteiger partial charge in [0, 0.05) is 49.1 Å². The maximum absolute atomic E-state index is 12.8. The maximum atomic E-state index is 12.8. The third-order valence-electron chi connectivity index (χ3n) is 5.79. The average molecular weight is 478 g/mol. The highest BCUT2D eigenvalue weighted by Gasteiger charge is 2.22. The number of benzene rings is 2. The predicted octanol–water partition coefficient (Wildman–Crippen LogP) is 4.95. The first kappa shape index (κ1) is 21.6. The topological polar surface area (TPSA) is 87.9 Å². The average Bonchev–Trinajstić information content (AvgIpc) is 2.82. The fraction of sp³-hybridized carbons (Fsp3) is 0.160. The van der Waals surface area contributed by atoms with Crippen molar-refractivity contribution in [1.29, 1.82) is 0 Å². The number of pyridine rings is 1. The number of aromatic amines is 1. The van der Waals surface area contributed by atoms with Crippen LogP contribution in [0.1, 0.15) is 16.8 Å². The minimum absolute atomic E-state index is 0.0967. The minimum atomic E-state index is -0.0967. The van der Waals surface area contributed by atoms with E-state index in [0.29, 0.717) is 41.1 Å². The third kappa shape index (κ3) is 4.50. The molecule has 0 unspecified atom stereocenters. The Bertz CT molecular complexity index is 1370. The second-order valence-corrected chi connectivity index (χ2v) is 8.86. The molecule has 2 aromatic carbocycles. The molecule has 0 fully saturated rings. The zero-order valence-corrected chi connectivity index (χ0v) is 19.2. The summed E-state index contributed by atoms with van der Waals surface area (Å²) in [6, 6.07) is 16.8. The van der Waals surface area contributed by atoms with E-state index in [1.54, 1.807) is 18.2 Å². The van der Waals surface area contributed by atoms with Crippen LogP contribution in [0.15, 0.2) is 65.6 Å². The molecule has 0 bridgehead atoms. The first-order valence-corrected chi connectivity index (χ1v) is 11.3. The van der Waals surface area contributed by atoms with Gasteiger partial charge in [0.2, 0.25) is 0 Å². The Labute approximate surface area is 201 Å². The summed E-state index contributed by atoms with van der Waals surface area (Å²) in [5.41, 5.74) is 11.4. The van der Waals surface area contributed by atoms with E-state index in [9.17, 15) is 4.79 Å². The van der Waals surface area contributed by atoms with Crippen LogP contribution in [0.25, 0.3) is 22.6 Å². The number of nitrogens with one attached hydrogen (secondary N) is 1.